The molecule has 0 amide bonds. The Morgan fingerprint density at radius 1 is 1.67 bits per heavy atom. The Morgan fingerprint density at radius 3 is 2.50 bits per heavy atom. The summed E-state index contributed by atoms with van der Waals surface area (Å²) in [7, 11) is 1.64. The summed E-state index contributed by atoms with van der Waals surface area (Å²) in [4.78, 5) is 10.7. The molecule has 70 valence electrons. The van der Waals surface area contributed by atoms with Crippen LogP contribution in [0.1, 0.15) is 19.3 Å². The number of aliphatic carboxylic acids is 1. The third-order valence-electron chi connectivity index (χ3n) is 2.66. The molecule has 2 unspecified atom stereocenters. The topological polar surface area (TPSA) is 75.3 Å². The Hall–Kier alpha value is -0.610. The van der Waals surface area contributed by atoms with Gasteiger partial charge in [-0.25, -0.2) is 0 Å². The maximum Gasteiger partial charge on any atom is 0.322 e. The summed E-state index contributed by atoms with van der Waals surface area (Å²) in [6.07, 6.45) is 3.34. The molecule has 0 aromatic carbocycles. The fourth-order valence-corrected chi connectivity index (χ4v) is 1.58. The molecule has 1 saturated carbocycles. The van der Waals surface area contributed by atoms with Crippen molar-refractivity contribution >= 4 is 5.97 Å². The lowest BCUT2D eigenvalue weighted by molar-refractivity contribution is -0.140. The molecule has 0 bridgehead atoms. The summed E-state index contributed by atoms with van der Waals surface area (Å²) < 4.78 is 0. The molecule has 0 radical (unpaired) electrons. The van der Waals surface area contributed by atoms with Gasteiger partial charge in [0, 0.05) is 6.04 Å². The van der Waals surface area contributed by atoms with Crippen LogP contribution in [0.3, 0.4) is 0 Å². The van der Waals surface area contributed by atoms with Crippen LogP contribution in [0.2, 0.25) is 0 Å². The third kappa shape index (κ3) is 1.76. The van der Waals surface area contributed by atoms with E-state index in [0.29, 0.717) is 5.92 Å². The van der Waals surface area contributed by atoms with Crippen LogP contribution in [0.15, 0.2) is 0 Å². The molecule has 1 aliphatic rings. The molecular formula is C8H16N2O2. The minimum Gasteiger partial charge on any atom is -0.480 e. The summed E-state index contributed by atoms with van der Waals surface area (Å²) in [5.74, 6) is -0.449. The maximum absolute atomic E-state index is 10.7. The monoisotopic (exact) mass is 172 g/mol. The first-order valence-corrected chi connectivity index (χ1v) is 4.32. The number of nitrogens with two attached hydrogens (primary N) is 1. The van der Waals surface area contributed by atoms with Crippen molar-refractivity contribution < 1.29 is 9.90 Å². The number of hydrogen-bond acceptors (Lipinski definition) is 3. The van der Waals surface area contributed by atoms with Gasteiger partial charge in [-0.2, -0.15) is 0 Å². The zero-order chi connectivity index (χ0) is 9.14. The number of rotatable bonds is 4. The molecule has 1 aliphatic carbocycles. The van der Waals surface area contributed by atoms with Crippen molar-refractivity contribution in [3.05, 3.63) is 0 Å². The van der Waals surface area contributed by atoms with Crippen molar-refractivity contribution in [3.63, 3.8) is 0 Å². The number of nitrogens with one attached hydrogen (secondary N) is 1. The summed E-state index contributed by atoms with van der Waals surface area (Å²) in [5.41, 5.74) is 5.79. The molecule has 0 aromatic heterocycles. The van der Waals surface area contributed by atoms with Gasteiger partial charge >= 0.3 is 5.97 Å². The van der Waals surface area contributed by atoms with E-state index in [0.717, 1.165) is 12.8 Å². The van der Waals surface area contributed by atoms with Gasteiger partial charge in [-0.3, -0.25) is 4.79 Å². The second kappa shape index (κ2) is 3.87. The van der Waals surface area contributed by atoms with Gasteiger partial charge in [0.15, 0.2) is 0 Å². The minimum absolute atomic E-state index is 0.235. The number of carboxylic acid groups (broad SMARTS) is 1. The van der Waals surface area contributed by atoms with E-state index >= 15 is 0 Å². The van der Waals surface area contributed by atoms with E-state index in [1.165, 1.54) is 6.42 Å². The zero-order valence-electron chi connectivity index (χ0n) is 7.29. The Labute approximate surface area is 72.1 Å². The Balaban J connectivity index is 2.46. The van der Waals surface area contributed by atoms with Gasteiger partial charge in [0.05, 0.1) is 0 Å². The molecule has 1 rings (SSSR count). The van der Waals surface area contributed by atoms with Crippen molar-refractivity contribution in [3.8, 4) is 0 Å². The Kier molecular flexibility index (Phi) is 3.05. The molecule has 0 aliphatic heterocycles. The average Bonchev–Trinajstić information content (AvgIpc) is 1.83. The Morgan fingerprint density at radius 2 is 2.25 bits per heavy atom. The molecule has 0 heterocycles. The van der Waals surface area contributed by atoms with E-state index in [4.69, 9.17) is 10.8 Å². The van der Waals surface area contributed by atoms with Gasteiger partial charge in [-0.15, -0.1) is 0 Å². The van der Waals surface area contributed by atoms with Crippen LogP contribution in [-0.2, 0) is 4.79 Å². The molecule has 0 saturated heterocycles. The second-order valence-corrected chi connectivity index (χ2v) is 3.37. The smallest absolute Gasteiger partial charge is 0.322 e. The SMILES string of the molecule is CNC(C(=O)O)C(N)C1CCC1. The number of likely N-dealkylation sites (N-methyl/N-ethyl adjacent to an activating group) is 1. The van der Waals surface area contributed by atoms with Crippen LogP contribution in [0.4, 0.5) is 0 Å². The third-order valence-corrected chi connectivity index (χ3v) is 2.66. The first-order chi connectivity index (χ1) is 5.66. The van der Waals surface area contributed by atoms with E-state index in [2.05, 4.69) is 5.32 Å². The number of carboxylic acids is 1. The molecule has 1 fully saturated rings. The van der Waals surface area contributed by atoms with Gasteiger partial charge in [-0.05, 0) is 25.8 Å². The summed E-state index contributed by atoms with van der Waals surface area (Å²) in [6, 6.07) is -0.823. The van der Waals surface area contributed by atoms with E-state index < -0.39 is 12.0 Å². The number of carbonyl (C=O) groups is 1. The highest BCUT2D eigenvalue weighted by molar-refractivity contribution is 5.74. The van der Waals surface area contributed by atoms with Crippen LogP contribution >= 0.6 is 0 Å². The summed E-state index contributed by atoms with van der Waals surface area (Å²) in [6.45, 7) is 0. The first-order valence-electron chi connectivity index (χ1n) is 4.32. The summed E-state index contributed by atoms with van der Waals surface area (Å²) in [5, 5.41) is 11.5. The summed E-state index contributed by atoms with van der Waals surface area (Å²) >= 11 is 0. The van der Waals surface area contributed by atoms with Crippen molar-refractivity contribution in [1.29, 1.82) is 0 Å². The van der Waals surface area contributed by atoms with Crippen LogP contribution in [0.5, 0.6) is 0 Å². The highest BCUT2D eigenvalue weighted by Crippen LogP contribution is 2.29. The van der Waals surface area contributed by atoms with Crippen molar-refractivity contribution in [2.45, 2.75) is 31.3 Å². The van der Waals surface area contributed by atoms with E-state index in [1.807, 2.05) is 0 Å². The van der Waals surface area contributed by atoms with Crippen LogP contribution in [-0.4, -0.2) is 30.2 Å². The molecular weight excluding hydrogens is 156 g/mol. The van der Waals surface area contributed by atoms with E-state index in [9.17, 15) is 4.79 Å². The average molecular weight is 172 g/mol. The van der Waals surface area contributed by atoms with Gasteiger partial charge in [0.2, 0.25) is 0 Å². The van der Waals surface area contributed by atoms with E-state index in [-0.39, 0.29) is 6.04 Å². The Bertz CT molecular complexity index is 168. The minimum atomic E-state index is -0.850. The molecule has 4 N–H and O–H groups in total. The van der Waals surface area contributed by atoms with Crippen molar-refractivity contribution in [2.75, 3.05) is 7.05 Å². The molecule has 2 atom stereocenters. The normalized spacial score (nSPS) is 22.8. The van der Waals surface area contributed by atoms with Gasteiger partial charge in [0.25, 0.3) is 0 Å². The van der Waals surface area contributed by atoms with Crippen molar-refractivity contribution in [2.24, 2.45) is 11.7 Å². The lowest BCUT2D eigenvalue weighted by atomic mass is 9.77. The standard InChI is InChI=1S/C8H16N2O2/c1-10-7(8(11)12)6(9)5-3-2-4-5/h5-7,10H,2-4,9H2,1H3,(H,11,12). The highest BCUT2D eigenvalue weighted by Gasteiger charge is 2.33. The lowest BCUT2D eigenvalue weighted by Gasteiger charge is -2.34. The van der Waals surface area contributed by atoms with Gasteiger partial charge < -0.3 is 16.2 Å². The van der Waals surface area contributed by atoms with Gasteiger partial charge in [-0.1, -0.05) is 6.42 Å². The molecule has 0 spiro atoms. The predicted molar refractivity (Wildman–Crippen MR) is 45.8 cm³/mol. The fraction of sp³-hybridized carbons (Fsp3) is 0.875. The first kappa shape index (κ1) is 9.48. The predicted octanol–water partition coefficient (Wildman–Crippen LogP) is -0.214. The molecule has 4 nitrogen and oxygen atoms in total. The quantitative estimate of drug-likeness (QED) is 0.548. The van der Waals surface area contributed by atoms with E-state index in [1.54, 1.807) is 7.05 Å². The lowest BCUT2D eigenvalue weighted by Crippen LogP contribution is -2.54. The van der Waals surface area contributed by atoms with Gasteiger partial charge in [0.1, 0.15) is 6.04 Å². The van der Waals surface area contributed by atoms with Crippen LogP contribution in [0, 0.1) is 5.92 Å². The van der Waals surface area contributed by atoms with Crippen LogP contribution in [0.25, 0.3) is 0 Å². The largest absolute Gasteiger partial charge is 0.480 e. The zero-order valence-corrected chi connectivity index (χ0v) is 7.29. The fourth-order valence-electron chi connectivity index (χ4n) is 1.58. The van der Waals surface area contributed by atoms with Crippen molar-refractivity contribution in [1.82, 2.24) is 5.32 Å². The molecule has 12 heavy (non-hydrogen) atoms. The van der Waals surface area contributed by atoms with Crippen LogP contribution < -0.4 is 11.1 Å². The maximum atomic E-state index is 10.7. The molecule has 4 heteroatoms. The number of hydrogen-bond donors (Lipinski definition) is 3. The highest BCUT2D eigenvalue weighted by atomic mass is 16.4. The molecule has 0 aromatic rings. The second-order valence-electron chi connectivity index (χ2n) is 3.37.